The first-order chi connectivity index (χ1) is 13.2. The zero-order valence-electron chi connectivity index (χ0n) is 14.9. The third-order valence-corrected chi connectivity index (χ3v) is 4.28. The van der Waals surface area contributed by atoms with Gasteiger partial charge in [0.05, 0.1) is 12.8 Å². The van der Waals surface area contributed by atoms with Crippen LogP contribution in [0.3, 0.4) is 0 Å². The molecule has 0 fully saturated rings. The topological polar surface area (TPSA) is 47.6 Å². The molecule has 0 saturated carbocycles. The average Bonchev–Trinajstić information content (AvgIpc) is 2.70. The highest BCUT2D eigenvalue weighted by Gasteiger charge is 2.21. The van der Waals surface area contributed by atoms with Crippen LogP contribution in [0.5, 0.6) is 11.5 Å². The largest absolute Gasteiger partial charge is 0.467 e. The molecule has 27 heavy (non-hydrogen) atoms. The smallest absolute Gasteiger partial charge is 0.328 e. The monoisotopic (exact) mass is 381 g/mol. The summed E-state index contributed by atoms with van der Waals surface area (Å²) < 4.78 is 10.9. The van der Waals surface area contributed by atoms with E-state index >= 15 is 0 Å². The normalized spacial score (nSPS) is 11.5. The van der Waals surface area contributed by atoms with Gasteiger partial charge in [0.15, 0.2) is 5.75 Å². The van der Waals surface area contributed by atoms with Crippen molar-refractivity contribution < 1.29 is 14.3 Å². The summed E-state index contributed by atoms with van der Waals surface area (Å²) in [6.45, 7) is 0. The number of carbonyl (C=O) groups is 1. The Labute approximate surface area is 163 Å². The molecule has 138 valence electrons. The zero-order valence-corrected chi connectivity index (χ0v) is 15.6. The molecule has 0 amide bonds. The Morgan fingerprint density at radius 1 is 0.963 bits per heavy atom. The summed E-state index contributed by atoms with van der Waals surface area (Å²) in [6, 6.07) is 23.8. The van der Waals surface area contributed by atoms with E-state index in [-0.39, 0.29) is 5.97 Å². The van der Waals surface area contributed by atoms with E-state index in [1.54, 1.807) is 24.3 Å². The lowest BCUT2D eigenvalue weighted by Gasteiger charge is -2.20. The maximum absolute atomic E-state index is 12.3. The van der Waals surface area contributed by atoms with E-state index in [4.69, 9.17) is 21.1 Å². The lowest BCUT2D eigenvalue weighted by atomic mass is 10.1. The fraction of sp³-hybridized carbons (Fsp3) is 0.136. The lowest BCUT2D eigenvalue weighted by molar-refractivity contribution is -0.141. The van der Waals surface area contributed by atoms with Gasteiger partial charge in [-0.25, -0.2) is 4.79 Å². The van der Waals surface area contributed by atoms with Crippen molar-refractivity contribution in [3.63, 3.8) is 0 Å². The molecule has 0 unspecified atom stereocenters. The van der Waals surface area contributed by atoms with E-state index in [9.17, 15) is 4.79 Å². The highest BCUT2D eigenvalue weighted by molar-refractivity contribution is 6.30. The maximum atomic E-state index is 12.3. The molecule has 0 radical (unpaired) electrons. The standard InChI is InChI=1S/C22H20ClNO3/c1-26-22(25)20(15-16-7-3-2-4-8-16)24-19-9-5-6-10-21(19)27-18-13-11-17(23)12-14-18/h2-14,20,24H,15H2,1H3/t20-/m0/s1. The van der Waals surface area contributed by atoms with Gasteiger partial charge in [0.1, 0.15) is 11.8 Å². The number of halogens is 1. The van der Waals surface area contributed by atoms with Crippen molar-refractivity contribution in [1.29, 1.82) is 0 Å². The number of carbonyl (C=O) groups excluding carboxylic acids is 1. The summed E-state index contributed by atoms with van der Waals surface area (Å²) >= 11 is 5.92. The average molecular weight is 382 g/mol. The number of methoxy groups -OCH3 is 1. The van der Waals surface area contributed by atoms with Crippen LogP contribution in [0.15, 0.2) is 78.9 Å². The minimum atomic E-state index is -0.535. The van der Waals surface area contributed by atoms with E-state index in [1.807, 2.05) is 54.6 Å². The number of para-hydroxylation sites is 2. The lowest BCUT2D eigenvalue weighted by Crippen LogP contribution is -2.33. The number of ether oxygens (including phenoxy) is 2. The van der Waals surface area contributed by atoms with Crippen LogP contribution in [0.1, 0.15) is 5.56 Å². The Hall–Kier alpha value is -2.98. The summed E-state index contributed by atoms with van der Waals surface area (Å²) in [4.78, 5) is 12.3. The summed E-state index contributed by atoms with van der Waals surface area (Å²) in [7, 11) is 1.39. The quantitative estimate of drug-likeness (QED) is 0.562. The summed E-state index contributed by atoms with van der Waals surface area (Å²) in [5, 5.41) is 3.89. The Morgan fingerprint density at radius 3 is 2.33 bits per heavy atom. The van der Waals surface area contributed by atoms with E-state index in [0.29, 0.717) is 28.6 Å². The van der Waals surface area contributed by atoms with Gasteiger partial charge >= 0.3 is 5.97 Å². The molecule has 0 aliphatic rings. The number of hydrogen-bond acceptors (Lipinski definition) is 4. The van der Waals surface area contributed by atoms with E-state index in [1.165, 1.54) is 7.11 Å². The molecule has 4 nitrogen and oxygen atoms in total. The number of hydrogen-bond donors (Lipinski definition) is 1. The van der Waals surface area contributed by atoms with Crippen LogP contribution in [0.2, 0.25) is 5.02 Å². The molecular formula is C22H20ClNO3. The number of esters is 1. The SMILES string of the molecule is COC(=O)[C@H](Cc1ccccc1)Nc1ccccc1Oc1ccc(Cl)cc1. The Balaban J connectivity index is 1.81. The molecule has 0 heterocycles. The molecule has 1 atom stereocenters. The van der Waals surface area contributed by atoms with E-state index in [0.717, 1.165) is 5.56 Å². The third kappa shape index (κ3) is 5.25. The van der Waals surface area contributed by atoms with Gasteiger partial charge in [0, 0.05) is 11.4 Å². The van der Waals surface area contributed by atoms with Crippen LogP contribution >= 0.6 is 11.6 Å². The van der Waals surface area contributed by atoms with Crippen molar-refractivity contribution in [2.24, 2.45) is 0 Å². The van der Waals surface area contributed by atoms with Crippen LogP contribution in [0.4, 0.5) is 5.69 Å². The van der Waals surface area contributed by atoms with Crippen molar-refractivity contribution >= 4 is 23.3 Å². The Bertz CT molecular complexity index is 882. The van der Waals surface area contributed by atoms with Gasteiger partial charge in [0.25, 0.3) is 0 Å². The maximum Gasteiger partial charge on any atom is 0.328 e. The molecule has 0 bridgehead atoms. The number of benzene rings is 3. The van der Waals surface area contributed by atoms with Crippen LogP contribution in [-0.2, 0) is 16.0 Å². The second kappa shape index (κ2) is 9.10. The van der Waals surface area contributed by atoms with Gasteiger partial charge in [0.2, 0.25) is 0 Å². The first-order valence-electron chi connectivity index (χ1n) is 8.56. The predicted molar refractivity (Wildman–Crippen MR) is 108 cm³/mol. The van der Waals surface area contributed by atoms with Gasteiger partial charge in [-0.2, -0.15) is 0 Å². The van der Waals surface area contributed by atoms with Crippen molar-refractivity contribution in [1.82, 2.24) is 0 Å². The fourth-order valence-corrected chi connectivity index (χ4v) is 2.80. The molecule has 0 aromatic heterocycles. The van der Waals surface area contributed by atoms with Crippen LogP contribution in [-0.4, -0.2) is 19.1 Å². The van der Waals surface area contributed by atoms with Gasteiger partial charge in [-0.1, -0.05) is 54.1 Å². The molecule has 0 spiro atoms. The third-order valence-electron chi connectivity index (χ3n) is 4.03. The molecule has 3 aromatic carbocycles. The fourth-order valence-electron chi connectivity index (χ4n) is 2.68. The van der Waals surface area contributed by atoms with Crippen molar-refractivity contribution in [3.05, 3.63) is 89.4 Å². The van der Waals surface area contributed by atoms with Gasteiger partial charge in [-0.05, 0) is 42.0 Å². The Morgan fingerprint density at radius 2 is 1.63 bits per heavy atom. The minimum Gasteiger partial charge on any atom is -0.467 e. The van der Waals surface area contributed by atoms with E-state index < -0.39 is 6.04 Å². The molecule has 5 heteroatoms. The second-order valence-electron chi connectivity index (χ2n) is 5.96. The molecule has 3 rings (SSSR count). The molecule has 0 aliphatic heterocycles. The first kappa shape index (κ1) is 18.8. The molecule has 0 saturated heterocycles. The summed E-state index contributed by atoms with van der Waals surface area (Å²) in [5.41, 5.74) is 1.75. The van der Waals surface area contributed by atoms with Crippen molar-refractivity contribution in [2.75, 3.05) is 12.4 Å². The first-order valence-corrected chi connectivity index (χ1v) is 8.94. The number of anilines is 1. The molecular weight excluding hydrogens is 362 g/mol. The highest BCUT2D eigenvalue weighted by Crippen LogP contribution is 2.30. The molecule has 3 aromatic rings. The van der Waals surface area contributed by atoms with Gasteiger partial charge in [-0.15, -0.1) is 0 Å². The number of nitrogens with one attached hydrogen (secondary N) is 1. The minimum absolute atomic E-state index is 0.333. The zero-order chi connectivity index (χ0) is 19.1. The van der Waals surface area contributed by atoms with Crippen molar-refractivity contribution in [2.45, 2.75) is 12.5 Å². The van der Waals surface area contributed by atoms with Crippen molar-refractivity contribution in [3.8, 4) is 11.5 Å². The van der Waals surface area contributed by atoms with Crippen LogP contribution in [0.25, 0.3) is 0 Å². The predicted octanol–water partition coefficient (Wildman–Crippen LogP) is 5.33. The van der Waals surface area contributed by atoms with Gasteiger partial charge < -0.3 is 14.8 Å². The van der Waals surface area contributed by atoms with Crippen LogP contribution in [0, 0.1) is 0 Å². The molecule has 1 N–H and O–H groups in total. The van der Waals surface area contributed by atoms with Crippen LogP contribution < -0.4 is 10.1 Å². The molecule has 0 aliphatic carbocycles. The van der Waals surface area contributed by atoms with Gasteiger partial charge in [-0.3, -0.25) is 0 Å². The Kier molecular flexibility index (Phi) is 6.34. The second-order valence-corrected chi connectivity index (χ2v) is 6.40. The number of rotatable bonds is 7. The van der Waals surface area contributed by atoms with E-state index in [2.05, 4.69) is 5.32 Å². The summed E-state index contributed by atoms with van der Waals surface area (Å²) in [5.74, 6) is 0.938. The highest BCUT2D eigenvalue weighted by atomic mass is 35.5. The summed E-state index contributed by atoms with van der Waals surface area (Å²) in [6.07, 6.45) is 0.503.